The van der Waals surface area contributed by atoms with Crippen molar-refractivity contribution in [3.63, 3.8) is 0 Å². The van der Waals surface area contributed by atoms with E-state index >= 15 is 0 Å². The molecule has 0 spiro atoms. The Balaban J connectivity index is 1.93. The standard InChI is InChI=1S/C12H19N3S/c1-9-11-4-5-13-7-12(11)15(14-9)10-3-2-6-16-8-10/h10,13H,2-8H2,1H3. The second-order valence-corrected chi connectivity index (χ2v) is 5.90. The molecule has 16 heavy (non-hydrogen) atoms. The molecule has 3 rings (SSSR count). The molecule has 3 heterocycles. The molecule has 0 saturated carbocycles. The molecule has 1 unspecified atom stereocenters. The van der Waals surface area contributed by atoms with Gasteiger partial charge in [-0.1, -0.05) is 0 Å². The molecule has 0 amide bonds. The Morgan fingerprint density at radius 3 is 3.25 bits per heavy atom. The Kier molecular flexibility index (Phi) is 2.94. The maximum absolute atomic E-state index is 4.78. The van der Waals surface area contributed by atoms with Gasteiger partial charge in [-0.05, 0) is 44.0 Å². The molecule has 0 aromatic carbocycles. The van der Waals surface area contributed by atoms with Gasteiger partial charge < -0.3 is 5.32 Å². The van der Waals surface area contributed by atoms with Crippen LogP contribution < -0.4 is 5.32 Å². The lowest BCUT2D eigenvalue weighted by atomic mass is 10.1. The summed E-state index contributed by atoms with van der Waals surface area (Å²) in [6, 6.07) is 0.640. The van der Waals surface area contributed by atoms with E-state index in [-0.39, 0.29) is 0 Å². The largest absolute Gasteiger partial charge is 0.311 e. The van der Waals surface area contributed by atoms with Crippen molar-refractivity contribution in [1.29, 1.82) is 0 Å². The van der Waals surface area contributed by atoms with Crippen molar-refractivity contribution in [2.24, 2.45) is 0 Å². The molecule has 0 bridgehead atoms. The lowest BCUT2D eigenvalue weighted by molar-refractivity contribution is 0.427. The Hall–Kier alpha value is -0.480. The van der Waals surface area contributed by atoms with E-state index in [4.69, 9.17) is 5.10 Å². The van der Waals surface area contributed by atoms with Crippen molar-refractivity contribution in [1.82, 2.24) is 15.1 Å². The minimum absolute atomic E-state index is 0.640. The summed E-state index contributed by atoms with van der Waals surface area (Å²) in [7, 11) is 0. The average Bonchev–Trinajstić information content (AvgIpc) is 2.69. The maximum atomic E-state index is 4.78. The summed E-state index contributed by atoms with van der Waals surface area (Å²) < 4.78 is 2.32. The van der Waals surface area contributed by atoms with Crippen molar-refractivity contribution in [2.45, 2.75) is 38.8 Å². The smallest absolute Gasteiger partial charge is 0.0629 e. The summed E-state index contributed by atoms with van der Waals surface area (Å²) in [6.07, 6.45) is 3.80. The highest BCUT2D eigenvalue weighted by Gasteiger charge is 2.24. The number of nitrogens with zero attached hydrogens (tertiary/aromatic N) is 2. The highest BCUT2D eigenvalue weighted by Crippen LogP contribution is 2.30. The SMILES string of the molecule is Cc1nn(C2CCCSC2)c2c1CCNC2. The summed E-state index contributed by atoms with van der Waals surface area (Å²) in [6.45, 7) is 4.28. The van der Waals surface area contributed by atoms with E-state index in [1.165, 1.54) is 41.3 Å². The van der Waals surface area contributed by atoms with Gasteiger partial charge in [-0.15, -0.1) is 0 Å². The number of hydrogen-bond donors (Lipinski definition) is 1. The summed E-state index contributed by atoms with van der Waals surface area (Å²) in [5, 5.41) is 8.25. The van der Waals surface area contributed by atoms with Crippen molar-refractivity contribution in [3.05, 3.63) is 17.0 Å². The zero-order valence-electron chi connectivity index (χ0n) is 9.83. The number of rotatable bonds is 1. The first-order valence-corrected chi connectivity index (χ1v) is 7.37. The van der Waals surface area contributed by atoms with Crippen LogP contribution in [0.1, 0.15) is 35.8 Å². The lowest BCUT2D eigenvalue weighted by Gasteiger charge is -2.25. The molecule has 1 saturated heterocycles. The third-order valence-corrected chi connectivity index (χ3v) is 4.84. The van der Waals surface area contributed by atoms with Crippen LogP contribution in [0.2, 0.25) is 0 Å². The fourth-order valence-corrected chi connectivity index (χ4v) is 3.90. The van der Waals surface area contributed by atoms with Crippen molar-refractivity contribution < 1.29 is 0 Å². The van der Waals surface area contributed by atoms with Crippen molar-refractivity contribution in [2.75, 3.05) is 18.1 Å². The zero-order valence-corrected chi connectivity index (χ0v) is 10.6. The van der Waals surface area contributed by atoms with Gasteiger partial charge in [-0.3, -0.25) is 4.68 Å². The molecule has 1 atom stereocenters. The number of aromatic nitrogens is 2. The van der Waals surface area contributed by atoms with Gasteiger partial charge in [0, 0.05) is 12.3 Å². The van der Waals surface area contributed by atoms with Gasteiger partial charge in [-0.25, -0.2) is 0 Å². The lowest BCUT2D eigenvalue weighted by Crippen LogP contribution is -2.28. The summed E-state index contributed by atoms with van der Waals surface area (Å²) in [4.78, 5) is 0. The Labute approximate surface area is 101 Å². The summed E-state index contributed by atoms with van der Waals surface area (Å²) in [5.41, 5.74) is 4.22. The summed E-state index contributed by atoms with van der Waals surface area (Å²) in [5.74, 6) is 2.57. The highest BCUT2D eigenvalue weighted by molar-refractivity contribution is 7.99. The predicted octanol–water partition coefficient (Wildman–Crippen LogP) is 1.91. The molecule has 1 fully saturated rings. The molecule has 0 radical (unpaired) electrons. The monoisotopic (exact) mass is 237 g/mol. The average molecular weight is 237 g/mol. The Bertz CT molecular complexity index is 380. The zero-order chi connectivity index (χ0) is 11.0. The molecule has 2 aliphatic heterocycles. The van der Waals surface area contributed by atoms with Gasteiger partial charge in [-0.2, -0.15) is 16.9 Å². The van der Waals surface area contributed by atoms with E-state index in [9.17, 15) is 0 Å². The van der Waals surface area contributed by atoms with Crippen LogP contribution in [0.3, 0.4) is 0 Å². The molecule has 88 valence electrons. The van der Waals surface area contributed by atoms with E-state index in [0.717, 1.165) is 19.5 Å². The minimum Gasteiger partial charge on any atom is -0.311 e. The normalized spacial score (nSPS) is 25.4. The van der Waals surface area contributed by atoms with Crippen molar-refractivity contribution in [3.8, 4) is 0 Å². The predicted molar refractivity (Wildman–Crippen MR) is 68.0 cm³/mol. The van der Waals surface area contributed by atoms with E-state index in [1.807, 2.05) is 0 Å². The molecule has 0 aliphatic carbocycles. The van der Waals surface area contributed by atoms with Crippen LogP contribution in [-0.2, 0) is 13.0 Å². The van der Waals surface area contributed by atoms with Gasteiger partial charge in [0.25, 0.3) is 0 Å². The van der Waals surface area contributed by atoms with Crippen LogP contribution in [0.4, 0.5) is 0 Å². The van der Waals surface area contributed by atoms with Crippen molar-refractivity contribution >= 4 is 11.8 Å². The molecule has 3 nitrogen and oxygen atoms in total. The highest BCUT2D eigenvalue weighted by atomic mass is 32.2. The first kappa shape index (κ1) is 10.7. The van der Waals surface area contributed by atoms with Crippen LogP contribution in [0.5, 0.6) is 0 Å². The molecule has 1 aromatic heterocycles. The van der Waals surface area contributed by atoms with Crippen LogP contribution in [0.25, 0.3) is 0 Å². The topological polar surface area (TPSA) is 29.9 Å². The third-order valence-electron chi connectivity index (χ3n) is 3.65. The number of hydrogen-bond acceptors (Lipinski definition) is 3. The maximum Gasteiger partial charge on any atom is 0.0629 e. The van der Waals surface area contributed by atoms with Crippen LogP contribution in [0.15, 0.2) is 0 Å². The third kappa shape index (κ3) is 1.78. The molecular weight excluding hydrogens is 218 g/mol. The van der Waals surface area contributed by atoms with Gasteiger partial charge in [0.15, 0.2) is 0 Å². The van der Waals surface area contributed by atoms with Crippen LogP contribution in [-0.4, -0.2) is 27.8 Å². The number of thioether (sulfide) groups is 1. The van der Waals surface area contributed by atoms with E-state index in [0.29, 0.717) is 6.04 Å². The fraction of sp³-hybridized carbons (Fsp3) is 0.750. The molecular formula is C12H19N3S. The van der Waals surface area contributed by atoms with Crippen LogP contribution in [0, 0.1) is 6.92 Å². The Morgan fingerprint density at radius 2 is 2.44 bits per heavy atom. The number of fused-ring (bicyclic) bond motifs is 1. The second kappa shape index (κ2) is 4.41. The van der Waals surface area contributed by atoms with E-state index < -0.39 is 0 Å². The van der Waals surface area contributed by atoms with Gasteiger partial charge in [0.05, 0.1) is 17.4 Å². The van der Waals surface area contributed by atoms with Gasteiger partial charge >= 0.3 is 0 Å². The quantitative estimate of drug-likeness (QED) is 0.809. The van der Waals surface area contributed by atoms with Gasteiger partial charge in [0.1, 0.15) is 0 Å². The number of nitrogens with one attached hydrogen (secondary N) is 1. The molecule has 4 heteroatoms. The second-order valence-electron chi connectivity index (χ2n) is 4.75. The van der Waals surface area contributed by atoms with Gasteiger partial charge in [0.2, 0.25) is 0 Å². The van der Waals surface area contributed by atoms with E-state index in [1.54, 1.807) is 0 Å². The molecule has 2 aliphatic rings. The minimum atomic E-state index is 0.640. The number of aryl methyl sites for hydroxylation is 1. The summed E-state index contributed by atoms with van der Waals surface area (Å²) >= 11 is 2.08. The molecule has 1 N–H and O–H groups in total. The molecule has 1 aromatic rings. The fourth-order valence-electron chi connectivity index (χ4n) is 2.78. The first-order chi connectivity index (χ1) is 7.86. The van der Waals surface area contributed by atoms with E-state index in [2.05, 4.69) is 28.7 Å². The van der Waals surface area contributed by atoms with Crippen LogP contribution >= 0.6 is 11.8 Å². The Morgan fingerprint density at radius 1 is 1.50 bits per heavy atom. The first-order valence-electron chi connectivity index (χ1n) is 6.21.